The molecule has 0 radical (unpaired) electrons. The van der Waals surface area contributed by atoms with Crippen LogP contribution in [0.2, 0.25) is 0 Å². The van der Waals surface area contributed by atoms with E-state index < -0.39 is 17.1 Å². The van der Waals surface area contributed by atoms with Gasteiger partial charge in [-0.25, -0.2) is 4.79 Å². The third kappa shape index (κ3) is 5.16. The molecule has 184 valence electrons. The van der Waals surface area contributed by atoms with Crippen molar-refractivity contribution in [3.8, 4) is 0 Å². The molecule has 0 aromatic heterocycles. The van der Waals surface area contributed by atoms with Gasteiger partial charge in [0.05, 0.1) is 29.6 Å². The number of fused-ring (bicyclic) bond motifs is 1. The van der Waals surface area contributed by atoms with E-state index >= 15 is 0 Å². The van der Waals surface area contributed by atoms with E-state index in [2.05, 4.69) is 27.7 Å². The molecule has 7 nitrogen and oxygen atoms in total. The highest BCUT2D eigenvalue weighted by molar-refractivity contribution is 7.91. The average Bonchev–Trinajstić information content (AvgIpc) is 3.24. The zero-order valence-electron chi connectivity index (χ0n) is 20.0. The van der Waals surface area contributed by atoms with Gasteiger partial charge in [-0.1, -0.05) is 59.7 Å². The number of carbonyl (C=O) groups excluding carboxylic acids is 2. The quantitative estimate of drug-likeness (QED) is 0.302. The lowest BCUT2D eigenvalue weighted by molar-refractivity contribution is -0.110. The Hall–Kier alpha value is -3.59. The summed E-state index contributed by atoms with van der Waals surface area (Å²) in [4.78, 5) is 27.4. The normalized spacial score (nSPS) is 17.3. The van der Waals surface area contributed by atoms with Crippen LogP contribution in [0.4, 0.5) is 11.4 Å². The highest BCUT2D eigenvalue weighted by atomic mass is 32.2. The lowest BCUT2D eigenvalue weighted by Gasteiger charge is -2.28. The van der Waals surface area contributed by atoms with Gasteiger partial charge < -0.3 is 19.9 Å². The number of amides is 1. The smallest absolute Gasteiger partial charge is 0.337 e. The largest absolute Gasteiger partial charge is 0.616 e. The van der Waals surface area contributed by atoms with Crippen LogP contribution in [0.3, 0.4) is 0 Å². The summed E-state index contributed by atoms with van der Waals surface area (Å²) in [6.45, 7) is 2.52. The van der Waals surface area contributed by atoms with Crippen molar-refractivity contribution >= 4 is 45.7 Å². The lowest BCUT2D eigenvalue weighted by Crippen LogP contribution is -2.39. The monoisotopic (exact) mass is 501 g/mol. The molecule has 2 aliphatic heterocycles. The van der Waals surface area contributed by atoms with Crippen LogP contribution >= 0.6 is 0 Å². The Morgan fingerprint density at radius 2 is 1.75 bits per heavy atom. The molecular formula is C28H27N3O4S. The Labute approximate surface area is 213 Å². The fourth-order valence-electron chi connectivity index (χ4n) is 4.48. The van der Waals surface area contributed by atoms with Crippen molar-refractivity contribution in [1.29, 1.82) is 0 Å². The number of ether oxygens (including phenoxy) is 1. The van der Waals surface area contributed by atoms with Gasteiger partial charge in [-0.15, -0.1) is 0 Å². The molecule has 0 spiro atoms. The second kappa shape index (κ2) is 10.6. The predicted octanol–water partition coefficient (Wildman–Crippen LogP) is 3.97. The van der Waals surface area contributed by atoms with Gasteiger partial charge in [0.2, 0.25) is 0 Å². The van der Waals surface area contributed by atoms with Gasteiger partial charge in [0, 0.05) is 30.9 Å². The Morgan fingerprint density at radius 3 is 2.44 bits per heavy atom. The van der Waals surface area contributed by atoms with Crippen LogP contribution in [0.5, 0.6) is 0 Å². The molecule has 0 bridgehead atoms. The molecule has 8 heteroatoms. The van der Waals surface area contributed by atoms with Gasteiger partial charge in [-0.2, -0.15) is 0 Å². The average molecular weight is 502 g/mol. The SMILES string of the molecule is COC(=O)c1ccc2c(c1)NC(=O)/C2=C(\Nc1ccc(CN2CC[S+]([O-])CC2)cc1)c1ccccc1. The minimum Gasteiger partial charge on any atom is -0.616 e. The topological polar surface area (TPSA) is 93.7 Å². The van der Waals surface area contributed by atoms with Crippen molar-refractivity contribution in [1.82, 2.24) is 4.90 Å². The summed E-state index contributed by atoms with van der Waals surface area (Å²) in [7, 11) is 1.33. The number of nitrogens with one attached hydrogen (secondary N) is 2. The van der Waals surface area contributed by atoms with E-state index in [9.17, 15) is 14.1 Å². The third-order valence-corrected chi connectivity index (χ3v) is 7.67. The van der Waals surface area contributed by atoms with Crippen LogP contribution < -0.4 is 10.6 Å². The number of carbonyl (C=O) groups is 2. The fourth-order valence-corrected chi connectivity index (χ4v) is 5.61. The van der Waals surface area contributed by atoms with Crippen LogP contribution in [0.25, 0.3) is 11.3 Å². The fraction of sp³-hybridized carbons (Fsp3) is 0.214. The van der Waals surface area contributed by atoms with E-state index in [0.717, 1.165) is 48.0 Å². The molecule has 0 saturated carbocycles. The van der Waals surface area contributed by atoms with Gasteiger partial charge >= 0.3 is 5.97 Å². The Kier molecular flexibility index (Phi) is 7.09. The summed E-state index contributed by atoms with van der Waals surface area (Å²) < 4.78 is 16.4. The molecule has 1 fully saturated rings. The highest BCUT2D eigenvalue weighted by Gasteiger charge is 2.29. The first-order valence-electron chi connectivity index (χ1n) is 11.8. The van der Waals surface area contributed by atoms with Gasteiger partial charge in [-0.05, 0) is 35.4 Å². The molecule has 1 amide bonds. The second-order valence-corrected chi connectivity index (χ2v) is 10.5. The number of hydrogen-bond donors (Lipinski definition) is 2. The number of hydrogen-bond acceptors (Lipinski definition) is 6. The summed E-state index contributed by atoms with van der Waals surface area (Å²) >= 11 is -0.684. The Bertz CT molecular complexity index is 1300. The highest BCUT2D eigenvalue weighted by Crippen LogP contribution is 2.38. The first-order valence-corrected chi connectivity index (χ1v) is 13.3. The molecule has 0 unspecified atom stereocenters. The van der Waals surface area contributed by atoms with Crippen molar-refractivity contribution in [3.05, 3.63) is 95.1 Å². The maximum Gasteiger partial charge on any atom is 0.337 e. The predicted molar refractivity (Wildman–Crippen MR) is 143 cm³/mol. The molecule has 0 atom stereocenters. The number of anilines is 2. The second-order valence-electron chi connectivity index (χ2n) is 8.77. The van der Waals surface area contributed by atoms with Gasteiger partial charge in [0.15, 0.2) is 0 Å². The Balaban J connectivity index is 1.45. The molecule has 2 N–H and O–H groups in total. The van der Waals surface area contributed by atoms with Crippen LogP contribution in [-0.4, -0.2) is 53.0 Å². The molecule has 36 heavy (non-hydrogen) atoms. The minimum absolute atomic E-state index is 0.238. The van der Waals surface area contributed by atoms with Crippen LogP contribution in [0, 0.1) is 0 Å². The van der Waals surface area contributed by atoms with Crippen molar-refractivity contribution < 1.29 is 18.9 Å². The summed E-state index contributed by atoms with van der Waals surface area (Å²) in [6, 6.07) is 23.0. The van der Waals surface area contributed by atoms with Gasteiger partial charge in [0.1, 0.15) is 11.5 Å². The number of benzene rings is 3. The number of nitrogens with zero attached hydrogens (tertiary/aromatic N) is 1. The summed E-state index contributed by atoms with van der Waals surface area (Å²) in [5, 5.41) is 6.36. The summed E-state index contributed by atoms with van der Waals surface area (Å²) in [5.74, 6) is 0.776. The van der Waals surface area contributed by atoms with Crippen molar-refractivity contribution in [3.63, 3.8) is 0 Å². The van der Waals surface area contributed by atoms with E-state index in [1.165, 1.54) is 12.7 Å². The third-order valence-electron chi connectivity index (χ3n) is 6.40. The van der Waals surface area contributed by atoms with Gasteiger partial charge in [-0.3, -0.25) is 9.69 Å². The van der Waals surface area contributed by atoms with E-state index in [1.807, 2.05) is 42.5 Å². The first kappa shape index (κ1) is 24.1. The number of esters is 1. The molecule has 2 aliphatic rings. The van der Waals surface area contributed by atoms with Crippen LogP contribution in [0.1, 0.15) is 27.0 Å². The zero-order chi connectivity index (χ0) is 25.1. The molecule has 2 heterocycles. The number of rotatable bonds is 6. The van der Waals surface area contributed by atoms with Crippen LogP contribution in [-0.2, 0) is 27.3 Å². The molecule has 1 saturated heterocycles. The molecular weight excluding hydrogens is 474 g/mol. The van der Waals surface area contributed by atoms with Crippen LogP contribution in [0.15, 0.2) is 72.8 Å². The summed E-state index contributed by atoms with van der Waals surface area (Å²) in [6.07, 6.45) is 0. The van der Waals surface area contributed by atoms with Crippen molar-refractivity contribution in [2.24, 2.45) is 0 Å². The van der Waals surface area contributed by atoms with E-state index in [4.69, 9.17) is 4.74 Å². The molecule has 5 rings (SSSR count). The first-order chi connectivity index (χ1) is 17.5. The van der Waals surface area contributed by atoms with Crippen molar-refractivity contribution in [2.75, 3.05) is 42.3 Å². The lowest BCUT2D eigenvalue weighted by atomic mass is 9.99. The molecule has 0 aliphatic carbocycles. The van der Waals surface area contributed by atoms with E-state index in [1.54, 1.807) is 18.2 Å². The van der Waals surface area contributed by atoms with E-state index in [0.29, 0.717) is 22.5 Å². The zero-order valence-corrected chi connectivity index (χ0v) is 20.8. The van der Waals surface area contributed by atoms with E-state index in [-0.39, 0.29) is 5.91 Å². The minimum atomic E-state index is -0.684. The maximum absolute atomic E-state index is 13.1. The Morgan fingerprint density at radius 1 is 1.03 bits per heavy atom. The standard InChI is InChI=1S/C28H27N3O4S/c1-35-28(33)21-9-12-23-24(17-21)30-27(32)25(23)26(20-5-3-2-4-6-20)29-22-10-7-19(8-11-22)18-31-13-15-36(34)16-14-31/h2-12,17,29H,13-16,18H2,1H3,(H,30,32)/b26-25-. The summed E-state index contributed by atoms with van der Waals surface area (Å²) in [5.41, 5.74) is 5.78. The molecule has 3 aromatic carbocycles. The van der Waals surface area contributed by atoms with Gasteiger partial charge in [0.25, 0.3) is 5.91 Å². The molecule has 3 aromatic rings. The maximum atomic E-state index is 13.1. The van der Waals surface area contributed by atoms with Crippen molar-refractivity contribution in [2.45, 2.75) is 6.54 Å². The number of methoxy groups -OCH3 is 1.